The summed E-state index contributed by atoms with van der Waals surface area (Å²) >= 11 is 0. The summed E-state index contributed by atoms with van der Waals surface area (Å²) in [6.07, 6.45) is 1.42. The van der Waals surface area contributed by atoms with E-state index in [9.17, 15) is 4.79 Å². The van der Waals surface area contributed by atoms with Gasteiger partial charge in [-0.1, -0.05) is 5.16 Å². The molecule has 0 fully saturated rings. The first kappa shape index (κ1) is 12.1. The number of nitrogens with one attached hydrogen (secondary N) is 2. The van der Waals surface area contributed by atoms with E-state index in [1.807, 2.05) is 6.92 Å². The summed E-state index contributed by atoms with van der Waals surface area (Å²) in [5.41, 5.74) is 4.33. The molecular weight excluding hydrogens is 234 g/mol. The number of nitrogens with zero attached hydrogens (tertiary/aromatic N) is 2. The number of carbonyl (C=O) groups is 1. The van der Waals surface area contributed by atoms with Crippen molar-refractivity contribution in [2.24, 2.45) is 5.84 Å². The molecule has 2 aromatic rings. The Bertz CT molecular complexity index is 561. The van der Waals surface area contributed by atoms with Gasteiger partial charge in [0.2, 0.25) is 5.88 Å². The van der Waals surface area contributed by atoms with Gasteiger partial charge in [-0.25, -0.2) is 10.8 Å². The molecule has 18 heavy (non-hydrogen) atoms. The maximum absolute atomic E-state index is 11.9. The fourth-order valence-electron chi connectivity index (χ4n) is 1.32. The van der Waals surface area contributed by atoms with Crippen molar-refractivity contribution < 1.29 is 9.32 Å². The monoisotopic (exact) mass is 247 g/mol. The van der Waals surface area contributed by atoms with E-state index in [-0.39, 0.29) is 5.91 Å². The third-order valence-electron chi connectivity index (χ3n) is 2.56. The van der Waals surface area contributed by atoms with Crippen LogP contribution in [0, 0.1) is 13.8 Å². The van der Waals surface area contributed by atoms with E-state index in [0.717, 1.165) is 11.3 Å². The Morgan fingerprint density at radius 2 is 2.17 bits per heavy atom. The summed E-state index contributed by atoms with van der Waals surface area (Å²) in [6, 6.07) is 3.21. The summed E-state index contributed by atoms with van der Waals surface area (Å²) in [5.74, 6) is 5.70. The molecular formula is C11H13N5O2. The number of nitrogen functional groups attached to an aromatic ring is 1. The highest BCUT2D eigenvalue weighted by atomic mass is 16.5. The van der Waals surface area contributed by atoms with Crippen LogP contribution in [0.4, 0.5) is 11.7 Å². The predicted octanol–water partition coefficient (Wildman–Crippen LogP) is 1.22. The van der Waals surface area contributed by atoms with Gasteiger partial charge in [-0.2, -0.15) is 0 Å². The van der Waals surface area contributed by atoms with Crippen LogP contribution in [0.5, 0.6) is 0 Å². The number of hydrogen-bond acceptors (Lipinski definition) is 6. The third-order valence-corrected chi connectivity index (χ3v) is 2.56. The van der Waals surface area contributed by atoms with Gasteiger partial charge in [0.05, 0.1) is 11.3 Å². The maximum Gasteiger partial charge on any atom is 0.259 e. The summed E-state index contributed by atoms with van der Waals surface area (Å²) in [7, 11) is 0. The summed E-state index contributed by atoms with van der Waals surface area (Å²) in [4.78, 5) is 15.8. The van der Waals surface area contributed by atoms with Crippen molar-refractivity contribution in [3.05, 3.63) is 35.2 Å². The number of aryl methyl sites for hydroxylation is 1. The number of anilines is 2. The van der Waals surface area contributed by atoms with Crippen molar-refractivity contribution in [2.45, 2.75) is 13.8 Å². The van der Waals surface area contributed by atoms with Crippen molar-refractivity contribution >= 4 is 17.6 Å². The van der Waals surface area contributed by atoms with Crippen LogP contribution in [0.2, 0.25) is 0 Å². The Morgan fingerprint density at radius 1 is 1.39 bits per heavy atom. The maximum atomic E-state index is 11.9. The lowest BCUT2D eigenvalue weighted by Gasteiger charge is -2.03. The normalized spacial score (nSPS) is 10.2. The summed E-state index contributed by atoms with van der Waals surface area (Å²) < 4.78 is 5.00. The minimum Gasteiger partial charge on any atom is -0.338 e. The molecule has 0 unspecified atom stereocenters. The molecule has 4 N–H and O–H groups in total. The highest BCUT2D eigenvalue weighted by Crippen LogP contribution is 2.18. The van der Waals surface area contributed by atoms with Crippen LogP contribution < -0.4 is 16.6 Å². The highest BCUT2D eigenvalue weighted by molar-refractivity contribution is 6.03. The lowest BCUT2D eigenvalue weighted by Crippen LogP contribution is -2.13. The SMILES string of the molecule is Cc1noc(NC(=O)c2ccc(NN)nc2)c1C. The lowest BCUT2D eigenvalue weighted by atomic mass is 10.2. The standard InChI is InChI=1S/C11H13N5O2/c1-6-7(2)16-18-11(6)14-10(17)8-3-4-9(15-12)13-5-8/h3-5H,12H2,1-2H3,(H,13,15)(H,14,17). The van der Waals surface area contributed by atoms with Crippen LogP contribution in [0.25, 0.3) is 0 Å². The average Bonchev–Trinajstić information content (AvgIpc) is 2.71. The van der Waals surface area contributed by atoms with E-state index in [1.165, 1.54) is 6.20 Å². The fourth-order valence-corrected chi connectivity index (χ4v) is 1.32. The lowest BCUT2D eigenvalue weighted by molar-refractivity contribution is 0.102. The molecule has 0 spiro atoms. The molecule has 0 saturated heterocycles. The molecule has 2 heterocycles. The molecule has 7 heteroatoms. The van der Waals surface area contributed by atoms with Crippen LogP contribution in [0.15, 0.2) is 22.9 Å². The second kappa shape index (κ2) is 4.84. The van der Waals surface area contributed by atoms with Crippen LogP contribution in [0.1, 0.15) is 21.6 Å². The Morgan fingerprint density at radius 3 is 2.67 bits per heavy atom. The molecule has 0 radical (unpaired) electrons. The Labute approximate surface area is 103 Å². The van der Waals surface area contributed by atoms with Gasteiger partial charge in [-0.3, -0.25) is 10.1 Å². The number of rotatable bonds is 3. The smallest absolute Gasteiger partial charge is 0.259 e. The number of pyridine rings is 1. The number of nitrogens with two attached hydrogens (primary N) is 1. The van der Waals surface area contributed by atoms with E-state index in [0.29, 0.717) is 17.3 Å². The summed E-state index contributed by atoms with van der Waals surface area (Å²) in [6.45, 7) is 3.62. The zero-order valence-electron chi connectivity index (χ0n) is 10.0. The molecule has 0 aliphatic rings. The molecule has 0 aromatic carbocycles. The van der Waals surface area contributed by atoms with Crippen LogP contribution in [-0.4, -0.2) is 16.0 Å². The van der Waals surface area contributed by atoms with E-state index in [1.54, 1.807) is 19.1 Å². The minimum atomic E-state index is -0.315. The molecule has 2 rings (SSSR count). The second-order valence-corrected chi connectivity index (χ2v) is 3.75. The van der Waals surface area contributed by atoms with Gasteiger partial charge in [0.25, 0.3) is 5.91 Å². The number of hydrogen-bond donors (Lipinski definition) is 3. The van der Waals surface area contributed by atoms with Gasteiger partial charge in [-0.15, -0.1) is 0 Å². The number of amides is 1. The predicted molar refractivity (Wildman–Crippen MR) is 66.0 cm³/mol. The highest BCUT2D eigenvalue weighted by Gasteiger charge is 2.13. The van der Waals surface area contributed by atoms with E-state index in [4.69, 9.17) is 10.4 Å². The van der Waals surface area contributed by atoms with Gasteiger partial charge in [0, 0.05) is 11.8 Å². The molecule has 0 bridgehead atoms. The van der Waals surface area contributed by atoms with Crippen molar-refractivity contribution in [3.63, 3.8) is 0 Å². The molecule has 0 atom stereocenters. The molecule has 94 valence electrons. The zero-order valence-corrected chi connectivity index (χ0v) is 10.0. The van der Waals surface area contributed by atoms with E-state index >= 15 is 0 Å². The Kier molecular flexibility index (Phi) is 3.24. The fraction of sp³-hybridized carbons (Fsp3) is 0.182. The third kappa shape index (κ3) is 2.30. The minimum absolute atomic E-state index is 0.315. The molecule has 2 aromatic heterocycles. The quantitative estimate of drug-likeness (QED) is 0.556. The topological polar surface area (TPSA) is 106 Å². The molecule has 7 nitrogen and oxygen atoms in total. The first-order valence-corrected chi connectivity index (χ1v) is 5.28. The van der Waals surface area contributed by atoms with E-state index < -0.39 is 0 Å². The first-order chi connectivity index (χ1) is 8.61. The van der Waals surface area contributed by atoms with Crippen molar-refractivity contribution in [2.75, 3.05) is 10.7 Å². The Hall–Kier alpha value is -2.41. The van der Waals surface area contributed by atoms with E-state index in [2.05, 4.69) is 20.9 Å². The largest absolute Gasteiger partial charge is 0.338 e. The molecule has 0 aliphatic heterocycles. The molecule has 0 aliphatic carbocycles. The van der Waals surface area contributed by atoms with Crippen LogP contribution >= 0.6 is 0 Å². The van der Waals surface area contributed by atoms with Gasteiger partial charge in [-0.05, 0) is 26.0 Å². The average molecular weight is 247 g/mol. The molecule has 0 saturated carbocycles. The number of carbonyl (C=O) groups excluding carboxylic acids is 1. The van der Waals surface area contributed by atoms with Crippen molar-refractivity contribution in [1.82, 2.24) is 10.1 Å². The summed E-state index contributed by atoms with van der Waals surface area (Å²) in [5, 5.41) is 6.38. The van der Waals surface area contributed by atoms with Crippen LogP contribution in [-0.2, 0) is 0 Å². The van der Waals surface area contributed by atoms with Crippen LogP contribution in [0.3, 0.4) is 0 Å². The van der Waals surface area contributed by atoms with Crippen molar-refractivity contribution in [1.29, 1.82) is 0 Å². The second-order valence-electron chi connectivity index (χ2n) is 3.75. The zero-order chi connectivity index (χ0) is 13.1. The first-order valence-electron chi connectivity index (χ1n) is 5.28. The number of aromatic nitrogens is 2. The van der Waals surface area contributed by atoms with Gasteiger partial charge >= 0.3 is 0 Å². The van der Waals surface area contributed by atoms with Crippen molar-refractivity contribution in [3.8, 4) is 0 Å². The van der Waals surface area contributed by atoms with Gasteiger partial charge < -0.3 is 9.95 Å². The van der Waals surface area contributed by atoms with Gasteiger partial charge in [0.1, 0.15) is 5.82 Å². The number of hydrazine groups is 1. The Balaban J connectivity index is 2.14. The molecule has 1 amide bonds. The van der Waals surface area contributed by atoms with Gasteiger partial charge in [0.15, 0.2) is 0 Å².